The molecule has 0 aliphatic carbocycles. The normalized spacial score (nSPS) is 16.7. The van der Waals surface area contributed by atoms with Gasteiger partial charge in [0.15, 0.2) is 0 Å². The molecule has 0 aromatic carbocycles. The van der Waals surface area contributed by atoms with Gasteiger partial charge >= 0.3 is 0 Å². The smallest absolute Gasteiger partial charge is 0.134 e. The van der Waals surface area contributed by atoms with Crippen LogP contribution in [0.4, 0.5) is 11.6 Å². The van der Waals surface area contributed by atoms with E-state index in [1.54, 1.807) is 0 Å². The first-order valence-corrected chi connectivity index (χ1v) is 7.18. The van der Waals surface area contributed by atoms with E-state index in [1.165, 1.54) is 0 Å². The molecule has 106 valence electrons. The second-order valence-corrected chi connectivity index (χ2v) is 5.09. The maximum absolute atomic E-state index is 4.60. The largest absolute Gasteiger partial charge is 0.357 e. The molecule has 1 aliphatic rings. The summed E-state index contributed by atoms with van der Waals surface area (Å²) >= 11 is 0. The van der Waals surface area contributed by atoms with E-state index in [2.05, 4.69) is 51.6 Å². The number of piperazine rings is 1. The third-order valence-electron chi connectivity index (χ3n) is 3.73. The van der Waals surface area contributed by atoms with Crippen molar-refractivity contribution >= 4 is 11.6 Å². The Labute approximate surface area is 116 Å². The predicted molar refractivity (Wildman–Crippen MR) is 80.0 cm³/mol. The SMILES string of the molecule is CCN(CC)c1cc(N2CCN(C)CC2)nc(C)n1. The summed E-state index contributed by atoms with van der Waals surface area (Å²) in [5.41, 5.74) is 0. The van der Waals surface area contributed by atoms with E-state index in [4.69, 9.17) is 0 Å². The summed E-state index contributed by atoms with van der Waals surface area (Å²) in [7, 11) is 2.17. The molecule has 0 unspecified atom stereocenters. The third kappa shape index (κ3) is 3.35. The molecule has 1 aromatic heterocycles. The van der Waals surface area contributed by atoms with Crippen LogP contribution in [0.3, 0.4) is 0 Å². The lowest BCUT2D eigenvalue weighted by molar-refractivity contribution is 0.312. The lowest BCUT2D eigenvalue weighted by atomic mass is 10.3. The highest BCUT2D eigenvalue weighted by Crippen LogP contribution is 2.20. The Morgan fingerprint density at radius 3 is 2.32 bits per heavy atom. The van der Waals surface area contributed by atoms with Crippen molar-refractivity contribution in [3.05, 3.63) is 11.9 Å². The zero-order valence-corrected chi connectivity index (χ0v) is 12.6. The highest BCUT2D eigenvalue weighted by molar-refractivity contribution is 5.51. The first-order valence-electron chi connectivity index (χ1n) is 7.18. The molecule has 0 radical (unpaired) electrons. The monoisotopic (exact) mass is 263 g/mol. The van der Waals surface area contributed by atoms with E-state index in [0.29, 0.717) is 0 Å². The van der Waals surface area contributed by atoms with Crippen LogP contribution in [0, 0.1) is 6.92 Å². The van der Waals surface area contributed by atoms with Gasteiger partial charge in [-0.1, -0.05) is 0 Å². The Morgan fingerprint density at radius 2 is 1.74 bits per heavy atom. The topological polar surface area (TPSA) is 35.5 Å². The van der Waals surface area contributed by atoms with E-state index in [1.807, 2.05) is 6.92 Å². The van der Waals surface area contributed by atoms with E-state index < -0.39 is 0 Å². The number of hydrogen-bond donors (Lipinski definition) is 0. The lowest BCUT2D eigenvalue weighted by Gasteiger charge is -2.33. The summed E-state index contributed by atoms with van der Waals surface area (Å²) in [5.74, 6) is 2.98. The van der Waals surface area contributed by atoms with Crippen molar-refractivity contribution < 1.29 is 0 Å². The standard InChI is InChI=1S/C14H25N5/c1-5-18(6-2)13-11-14(16-12(3)15-13)19-9-7-17(4)8-10-19/h11H,5-10H2,1-4H3. The van der Waals surface area contributed by atoms with Crippen LogP contribution >= 0.6 is 0 Å². The van der Waals surface area contributed by atoms with Gasteiger partial charge in [-0.3, -0.25) is 0 Å². The molecule has 1 aromatic rings. The Balaban J connectivity index is 2.21. The number of likely N-dealkylation sites (N-methyl/N-ethyl adjacent to an activating group) is 1. The van der Waals surface area contributed by atoms with Gasteiger partial charge in [0.05, 0.1) is 0 Å². The van der Waals surface area contributed by atoms with Crippen molar-refractivity contribution in [2.24, 2.45) is 0 Å². The van der Waals surface area contributed by atoms with Gasteiger partial charge in [-0.05, 0) is 27.8 Å². The minimum absolute atomic E-state index is 0.860. The minimum atomic E-state index is 0.860. The molecule has 0 saturated carbocycles. The molecule has 1 fully saturated rings. The van der Waals surface area contributed by atoms with Crippen LogP contribution in [0.25, 0.3) is 0 Å². The molecule has 0 amide bonds. The van der Waals surface area contributed by atoms with Crippen LogP contribution < -0.4 is 9.80 Å². The van der Waals surface area contributed by atoms with Crippen molar-refractivity contribution in [1.29, 1.82) is 0 Å². The van der Waals surface area contributed by atoms with Gasteiger partial charge in [0, 0.05) is 45.3 Å². The van der Waals surface area contributed by atoms with Gasteiger partial charge in [0.1, 0.15) is 17.5 Å². The molecule has 5 nitrogen and oxygen atoms in total. The fourth-order valence-corrected chi connectivity index (χ4v) is 2.44. The number of hydrogen-bond acceptors (Lipinski definition) is 5. The number of rotatable bonds is 4. The van der Waals surface area contributed by atoms with Crippen LogP contribution in [0.2, 0.25) is 0 Å². The molecule has 0 spiro atoms. The van der Waals surface area contributed by atoms with E-state index in [9.17, 15) is 0 Å². The average Bonchev–Trinajstić information content (AvgIpc) is 2.40. The number of aryl methyl sites for hydroxylation is 1. The summed E-state index contributed by atoms with van der Waals surface area (Å²) in [5, 5.41) is 0. The quantitative estimate of drug-likeness (QED) is 0.820. The molecule has 1 saturated heterocycles. The number of aromatic nitrogens is 2. The zero-order valence-electron chi connectivity index (χ0n) is 12.6. The molecule has 0 bridgehead atoms. The van der Waals surface area contributed by atoms with Gasteiger partial charge < -0.3 is 14.7 Å². The Bertz CT molecular complexity index is 408. The summed E-state index contributed by atoms with van der Waals surface area (Å²) in [6, 6.07) is 2.13. The minimum Gasteiger partial charge on any atom is -0.357 e. The molecule has 0 N–H and O–H groups in total. The van der Waals surface area contributed by atoms with Gasteiger partial charge in [0.25, 0.3) is 0 Å². The van der Waals surface area contributed by atoms with E-state index in [0.717, 1.165) is 56.7 Å². The highest BCUT2D eigenvalue weighted by Gasteiger charge is 2.17. The zero-order chi connectivity index (χ0) is 13.8. The summed E-state index contributed by atoms with van der Waals surface area (Å²) in [6.07, 6.45) is 0. The lowest BCUT2D eigenvalue weighted by Crippen LogP contribution is -2.45. The van der Waals surface area contributed by atoms with Crippen LogP contribution in [0.15, 0.2) is 6.07 Å². The van der Waals surface area contributed by atoms with Crippen molar-refractivity contribution in [2.75, 3.05) is 56.1 Å². The molecule has 0 atom stereocenters. The third-order valence-corrected chi connectivity index (χ3v) is 3.73. The van der Waals surface area contributed by atoms with Crippen LogP contribution in [-0.2, 0) is 0 Å². The van der Waals surface area contributed by atoms with Crippen molar-refractivity contribution in [3.63, 3.8) is 0 Å². The van der Waals surface area contributed by atoms with Crippen LogP contribution in [0.1, 0.15) is 19.7 Å². The molecule has 1 aliphatic heterocycles. The fraction of sp³-hybridized carbons (Fsp3) is 0.714. The Hall–Kier alpha value is -1.36. The second kappa shape index (κ2) is 6.19. The highest BCUT2D eigenvalue weighted by atomic mass is 15.3. The van der Waals surface area contributed by atoms with E-state index >= 15 is 0 Å². The van der Waals surface area contributed by atoms with Gasteiger partial charge in [-0.25, -0.2) is 9.97 Å². The maximum atomic E-state index is 4.60. The number of nitrogens with zero attached hydrogens (tertiary/aromatic N) is 5. The van der Waals surface area contributed by atoms with E-state index in [-0.39, 0.29) is 0 Å². The first kappa shape index (κ1) is 14.1. The fourth-order valence-electron chi connectivity index (χ4n) is 2.44. The molecule has 2 heterocycles. The average molecular weight is 263 g/mol. The van der Waals surface area contributed by atoms with Crippen molar-refractivity contribution in [1.82, 2.24) is 14.9 Å². The Morgan fingerprint density at radius 1 is 1.11 bits per heavy atom. The van der Waals surface area contributed by atoms with Crippen LogP contribution in [0.5, 0.6) is 0 Å². The Kier molecular flexibility index (Phi) is 4.58. The summed E-state index contributed by atoms with van der Waals surface area (Å²) < 4.78 is 0. The molecular formula is C14H25N5. The first-order chi connectivity index (χ1) is 9.13. The second-order valence-electron chi connectivity index (χ2n) is 5.09. The maximum Gasteiger partial charge on any atom is 0.134 e. The van der Waals surface area contributed by atoms with Crippen molar-refractivity contribution in [2.45, 2.75) is 20.8 Å². The molecule has 5 heteroatoms. The number of anilines is 2. The van der Waals surface area contributed by atoms with Gasteiger partial charge in [-0.15, -0.1) is 0 Å². The van der Waals surface area contributed by atoms with Gasteiger partial charge in [0.2, 0.25) is 0 Å². The molecule has 2 rings (SSSR count). The summed E-state index contributed by atoms with van der Waals surface area (Å²) in [4.78, 5) is 16.2. The molecule has 19 heavy (non-hydrogen) atoms. The van der Waals surface area contributed by atoms with Crippen molar-refractivity contribution in [3.8, 4) is 0 Å². The van der Waals surface area contributed by atoms with Crippen LogP contribution in [-0.4, -0.2) is 61.2 Å². The molecular weight excluding hydrogens is 238 g/mol. The summed E-state index contributed by atoms with van der Waals surface area (Å²) in [6.45, 7) is 12.6. The predicted octanol–water partition coefficient (Wildman–Crippen LogP) is 1.38. The van der Waals surface area contributed by atoms with Gasteiger partial charge in [-0.2, -0.15) is 0 Å².